The van der Waals surface area contributed by atoms with Crippen molar-refractivity contribution in [2.24, 2.45) is 0 Å². The van der Waals surface area contributed by atoms with E-state index in [1.54, 1.807) is 10.5 Å². The smallest absolute Gasteiger partial charge is 0.259 e. The van der Waals surface area contributed by atoms with Crippen molar-refractivity contribution in [3.63, 3.8) is 0 Å². The Hall–Kier alpha value is -1.24. The van der Waals surface area contributed by atoms with Crippen LogP contribution in [0, 0.1) is 6.92 Å². The maximum atomic E-state index is 12.0. The molecule has 0 fully saturated rings. The molecule has 0 radical (unpaired) electrons. The van der Waals surface area contributed by atoms with Crippen LogP contribution in [0.25, 0.3) is 4.96 Å². The summed E-state index contributed by atoms with van der Waals surface area (Å²) in [5.41, 5.74) is 1.65. The Morgan fingerprint density at radius 3 is 3.00 bits per heavy atom. The van der Waals surface area contributed by atoms with Gasteiger partial charge in [0.25, 0.3) is 5.56 Å². The fourth-order valence-electron chi connectivity index (χ4n) is 1.90. The van der Waals surface area contributed by atoms with Crippen molar-refractivity contribution in [1.29, 1.82) is 0 Å². The van der Waals surface area contributed by atoms with Gasteiger partial charge in [-0.3, -0.25) is 14.1 Å². The lowest BCUT2D eigenvalue weighted by Gasteiger charge is -2.18. The van der Waals surface area contributed by atoms with E-state index in [0.717, 1.165) is 22.9 Å². The molecular formula is C12H17N3O2S. The average Bonchev–Trinajstić information content (AvgIpc) is 2.71. The van der Waals surface area contributed by atoms with Crippen LogP contribution < -0.4 is 5.56 Å². The SMILES string of the molecule is CCN(CCO)Cc1cc(=O)n2c(C)csc2n1. The molecule has 2 aromatic rings. The highest BCUT2D eigenvalue weighted by molar-refractivity contribution is 7.15. The lowest BCUT2D eigenvalue weighted by molar-refractivity contribution is 0.195. The van der Waals surface area contributed by atoms with Crippen molar-refractivity contribution in [2.45, 2.75) is 20.4 Å². The Kier molecular flexibility index (Phi) is 4.11. The predicted octanol–water partition coefficient (Wildman–Crippen LogP) is 0.879. The molecule has 0 aliphatic heterocycles. The monoisotopic (exact) mass is 267 g/mol. The summed E-state index contributed by atoms with van der Waals surface area (Å²) in [7, 11) is 0. The molecule has 1 N–H and O–H groups in total. The number of hydrogen-bond acceptors (Lipinski definition) is 5. The van der Waals surface area contributed by atoms with Crippen LogP contribution in [0.3, 0.4) is 0 Å². The Morgan fingerprint density at radius 1 is 1.56 bits per heavy atom. The number of aryl methyl sites for hydroxylation is 1. The summed E-state index contributed by atoms with van der Waals surface area (Å²) in [5, 5.41) is 10.9. The van der Waals surface area contributed by atoms with E-state index in [0.29, 0.717) is 13.1 Å². The van der Waals surface area contributed by atoms with Crippen molar-refractivity contribution in [3.05, 3.63) is 33.2 Å². The summed E-state index contributed by atoms with van der Waals surface area (Å²) in [4.78, 5) is 19.2. The van der Waals surface area contributed by atoms with Crippen molar-refractivity contribution in [2.75, 3.05) is 19.7 Å². The molecule has 0 saturated carbocycles. The highest BCUT2D eigenvalue weighted by Crippen LogP contribution is 2.12. The normalized spacial score (nSPS) is 11.6. The van der Waals surface area contributed by atoms with Crippen LogP contribution in [-0.4, -0.2) is 39.1 Å². The van der Waals surface area contributed by atoms with E-state index in [4.69, 9.17) is 5.11 Å². The summed E-state index contributed by atoms with van der Waals surface area (Å²) in [6.07, 6.45) is 0. The van der Waals surface area contributed by atoms with E-state index in [1.807, 2.05) is 19.2 Å². The lowest BCUT2D eigenvalue weighted by Crippen LogP contribution is -2.27. The van der Waals surface area contributed by atoms with Crippen molar-refractivity contribution >= 4 is 16.3 Å². The van der Waals surface area contributed by atoms with Gasteiger partial charge in [0.2, 0.25) is 0 Å². The Labute approximate surface area is 109 Å². The molecule has 0 aliphatic rings. The molecule has 2 heterocycles. The minimum absolute atomic E-state index is 0.0335. The van der Waals surface area contributed by atoms with E-state index < -0.39 is 0 Å². The van der Waals surface area contributed by atoms with Gasteiger partial charge >= 0.3 is 0 Å². The van der Waals surface area contributed by atoms with Crippen molar-refractivity contribution in [1.82, 2.24) is 14.3 Å². The number of thiazole rings is 1. The number of aromatic nitrogens is 2. The number of nitrogens with zero attached hydrogens (tertiary/aromatic N) is 3. The quantitative estimate of drug-likeness (QED) is 0.873. The maximum Gasteiger partial charge on any atom is 0.259 e. The van der Waals surface area contributed by atoms with Crippen LogP contribution >= 0.6 is 11.3 Å². The lowest BCUT2D eigenvalue weighted by atomic mass is 10.3. The van der Waals surface area contributed by atoms with Crippen LogP contribution in [0.2, 0.25) is 0 Å². The van der Waals surface area contributed by atoms with E-state index >= 15 is 0 Å². The minimum Gasteiger partial charge on any atom is -0.395 e. The van der Waals surface area contributed by atoms with Gasteiger partial charge in [0, 0.05) is 30.2 Å². The largest absolute Gasteiger partial charge is 0.395 e. The maximum absolute atomic E-state index is 12.0. The van der Waals surface area contributed by atoms with Crippen molar-refractivity contribution < 1.29 is 5.11 Å². The third-order valence-electron chi connectivity index (χ3n) is 2.88. The molecule has 0 amide bonds. The summed E-state index contributed by atoms with van der Waals surface area (Å²) in [5.74, 6) is 0. The molecule has 2 aromatic heterocycles. The molecule has 0 aliphatic carbocycles. The van der Waals surface area contributed by atoms with Crippen LogP contribution in [0.15, 0.2) is 16.2 Å². The molecule has 0 unspecified atom stereocenters. The van der Waals surface area contributed by atoms with Gasteiger partial charge in [0.1, 0.15) is 0 Å². The van der Waals surface area contributed by atoms with Crippen molar-refractivity contribution in [3.8, 4) is 0 Å². The zero-order valence-electron chi connectivity index (χ0n) is 10.6. The molecular weight excluding hydrogens is 250 g/mol. The molecule has 0 spiro atoms. The molecule has 6 heteroatoms. The van der Waals surface area contributed by atoms with E-state index in [9.17, 15) is 4.79 Å². The second kappa shape index (κ2) is 5.60. The first kappa shape index (κ1) is 13.2. The zero-order valence-corrected chi connectivity index (χ0v) is 11.4. The Morgan fingerprint density at radius 2 is 2.33 bits per heavy atom. The van der Waals surface area contributed by atoms with Crippen LogP contribution in [0.1, 0.15) is 18.3 Å². The highest BCUT2D eigenvalue weighted by Gasteiger charge is 2.09. The molecule has 2 rings (SSSR count). The van der Waals surface area contributed by atoms with Crippen LogP contribution in [0.4, 0.5) is 0 Å². The molecule has 18 heavy (non-hydrogen) atoms. The standard InChI is InChI=1S/C12H17N3O2S/c1-3-14(4-5-16)7-10-6-11(17)15-9(2)8-18-12(15)13-10/h6,8,16H,3-5,7H2,1-2H3. The first-order valence-corrected chi connectivity index (χ1v) is 6.83. The fraction of sp³-hybridized carbons (Fsp3) is 0.500. The fourth-order valence-corrected chi connectivity index (χ4v) is 2.79. The Bertz CT molecular complexity index is 591. The summed E-state index contributed by atoms with van der Waals surface area (Å²) in [6.45, 7) is 6.06. The van der Waals surface area contributed by atoms with E-state index in [-0.39, 0.29) is 12.2 Å². The highest BCUT2D eigenvalue weighted by atomic mass is 32.1. The molecule has 0 bridgehead atoms. The number of fused-ring (bicyclic) bond motifs is 1. The number of rotatable bonds is 5. The zero-order chi connectivity index (χ0) is 13.1. The van der Waals surface area contributed by atoms with Gasteiger partial charge in [0.15, 0.2) is 4.96 Å². The number of aliphatic hydroxyl groups excluding tert-OH is 1. The summed E-state index contributed by atoms with van der Waals surface area (Å²) < 4.78 is 1.62. The minimum atomic E-state index is -0.0335. The number of aliphatic hydroxyl groups is 1. The van der Waals surface area contributed by atoms with Crippen LogP contribution in [0.5, 0.6) is 0 Å². The van der Waals surface area contributed by atoms with Gasteiger partial charge in [-0.1, -0.05) is 6.92 Å². The van der Waals surface area contributed by atoms with Gasteiger partial charge in [-0.25, -0.2) is 4.98 Å². The third-order valence-corrected chi connectivity index (χ3v) is 3.82. The van der Waals surface area contributed by atoms with Gasteiger partial charge in [-0.15, -0.1) is 11.3 Å². The first-order chi connectivity index (χ1) is 8.65. The first-order valence-electron chi connectivity index (χ1n) is 5.95. The van der Waals surface area contributed by atoms with Gasteiger partial charge < -0.3 is 5.11 Å². The van der Waals surface area contributed by atoms with E-state index in [2.05, 4.69) is 9.88 Å². The molecule has 98 valence electrons. The average molecular weight is 267 g/mol. The predicted molar refractivity (Wildman–Crippen MR) is 72.1 cm³/mol. The molecule has 0 saturated heterocycles. The van der Waals surface area contributed by atoms with Crippen LogP contribution in [-0.2, 0) is 6.54 Å². The van der Waals surface area contributed by atoms with Gasteiger partial charge in [-0.05, 0) is 13.5 Å². The topological polar surface area (TPSA) is 57.8 Å². The van der Waals surface area contributed by atoms with Gasteiger partial charge in [-0.2, -0.15) is 0 Å². The second-order valence-electron chi connectivity index (χ2n) is 4.17. The van der Waals surface area contributed by atoms with E-state index in [1.165, 1.54) is 11.3 Å². The Balaban J connectivity index is 2.32. The summed E-state index contributed by atoms with van der Waals surface area (Å²) >= 11 is 1.47. The number of likely N-dealkylation sites (N-methyl/N-ethyl adjacent to an activating group) is 1. The molecule has 5 nitrogen and oxygen atoms in total. The molecule has 0 aromatic carbocycles. The summed E-state index contributed by atoms with van der Waals surface area (Å²) in [6, 6.07) is 1.58. The molecule has 0 atom stereocenters. The number of hydrogen-bond donors (Lipinski definition) is 1. The third kappa shape index (κ3) is 2.60. The van der Waals surface area contributed by atoms with Gasteiger partial charge in [0.05, 0.1) is 12.3 Å². The second-order valence-corrected chi connectivity index (χ2v) is 5.01.